The number of piperidine rings is 1. The predicted octanol–water partition coefficient (Wildman–Crippen LogP) is 1.53. The van der Waals surface area contributed by atoms with Gasteiger partial charge in [0.25, 0.3) is 5.91 Å². The van der Waals surface area contributed by atoms with E-state index in [0.717, 1.165) is 62.9 Å². The normalized spacial score (nSPS) is 19.0. The number of likely N-dealkylation sites (tertiary alicyclic amines) is 2. The third kappa shape index (κ3) is 3.71. The summed E-state index contributed by atoms with van der Waals surface area (Å²) in [6.45, 7) is 6.51. The van der Waals surface area contributed by atoms with Crippen molar-refractivity contribution in [2.45, 2.75) is 45.1 Å². The first kappa shape index (κ1) is 18.0. The molecular weight excluding hydrogens is 342 g/mol. The molecule has 2 aromatic rings. The van der Waals surface area contributed by atoms with Crippen LogP contribution in [0.2, 0.25) is 0 Å². The summed E-state index contributed by atoms with van der Waals surface area (Å²) in [5.41, 5.74) is 1.33. The standard InChI is InChI=1S/C19H27N7O/c1-14-16(11-20-13-21-14)19(27)26-9-5-15(6-10-26)18-23-22-17(24(18)2)12-25-7-3-4-8-25/h11,13,15H,3-10,12H2,1-2H3. The molecule has 0 N–H and O–H groups in total. The Hall–Kier alpha value is -2.35. The molecule has 0 atom stereocenters. The molecule has 0 saturated carbocycles. The fraction of sp³-hybridized carbons (Fsp3) is 0.632. The number of carbonyl (C=O) groups is 1. The van der Waals surface area contributed by atoms with Crippen LogP contribution in [-0.4, -0.2) is 66.6 Å². The van der Waals surface area contributed by atoms with E-state index in [4.69, 9.17) is 0 Å². The number of nitrogens with zero attached hydrogens (tertiary/aromatic N) is 7. The Morgan fingerprint density at radius 2 is 1.89 bits per heavy atom. The maximum atomic E-state index is 12.7. The Morgan fingerprint density at radius 3 is 2.59 bits per heavy atom. The number of hydrogen-bond donors (Lipinski definition) is 0. The zero-order valence-electron chi connectivity index (χ0n) is 16.1. The van der Waals surface area contributed by atoms with Crippen molar-refractivity contribution < 1.29 is 4.79 Å². The molecule has 2 aliphatic heterocycles. The Kier molecular flexibility index (Phi) is 5.15. The van der Waals surface area contributed by atoms with Gasteiger partial charge in [0.15, 0.2) is 0 Å². The van der Waals surface area contributed by atoms with Crippen LogP contribution in [0, 0.1) is 6.92 Å². The van der Waals surface area contributed by atoms with Crippen molar-refractivity contribution in [1.29, 1.82) is 0 Å². The molecule has 0 radical (unpaired) electrons. The van der Waals surface area contributed by atoms with E-state index in [1.54, 1.807) is 6.20 Å². The fourth-order valence-corrected chi connectivity index (χ4v) is 4.12. The molecule has 4 heterocycles. The number of aromatic nitrogens is 5. The first-order valence-corrected chi connectivity index (χ1v) is 9.80. The van der Waals surface area contributed by atoms with Gasteiger partial charge in [0, 0.05) is 32.3 Å². The van der Waals surface area contributed by atoms with Crippen LogP contribution in [0.1, 0.15) is 59.3 Å². The van der Waals surface area contributed by atoms with Crippen LogP contribution in [0.5, 0.6) is 0 Å². The molecule has 1 amide bonds. The van der Waals surface area contributed by atoms with Crippen LogP contribution in [-0.2, 0) is 13.6 Å². The van der Waals surface area contributed by atoms with E-state index in [2.05, 4.69) is 36.7 Å². The summed E-state index contributed by atoms with van der Waals surface area (Å²) in [5.74, 6) is 2.48. The zero-order chi connectivity index (χ0) is 18.8. The van der Waals surface area contributed by atoms with Gasteiger partial charge in [0.1, 0.15) is 18.0 Å². The van der Waals surface area contributed by atoms with Crippen molar-refractivity contribution in [3.8, 4) is 0 Å². The average molecular weight is 369 g/mol. The minimum Gasteiger partial charge on any atom is -0.338 e. The van der Waals surface area contributed by atoms with E-state index in [-0.39, 0.29) is 5.91 Å². The summed E-state index contributed by atoms with van der Waals surface area (Å²) in [6.07, 6.45) is 7.48. The number of amides is 1. The monoisotopic (exact) mass is 369 g/mol. The minimum absolute atomic E-state index is 0.0271. The van der Waals surface area contributed by atoms with Gasteiger partial charge < -0.3 is 9.47 Å². The Balaban J connectivity index is 1.38. The summed E-state index contributed by atoms with van der Waals surface area (Å²) in [6, 6.07) is 0. The Labute approximate surface area is 159 Å². The molecule has 2 aromatic heterocycles. The molecule has 0 bridgehead atoms. The van der Waals surface area contributed by atoms with Crippen molar-refractivity contribution in [3.05, 3.63) is 35.4 Å². The topological polar surface area (TPSA) is 80.0 Å². The minimum atomic E-state index is 0.0271. The quantitative estimate of drug-likeness (QED) is 0.813. The molecule has 0 spiro atoms. The van der Waals surface area contributed by atoms with Crippen LogP contribution in [0.4, 0.5) is 0 Å². The summed E-state index contributed by atoms with van der Waals surface area (Å²) in [4.78, 5) is 25.2. The van der Waals surface area contributed by atoms with Crippen LogP contribution in [0.3, 0.4) is 0 Å². The van der Waals surface area contributed by atoms with Crippen LogP contribution < -0.4 is 0 Å². The van der Waals surface area contributed by atoms with E-state index < -0.39 is 0 Å². The van der Waals surface area contributed by atoms with Gasteiger partial charge in [-0.15, -0.1) is 10.2 Å². The molecule has 2 saturated heterocycles. The van der Waals surface area contributed by atoms with Crippen molar-refractivity contribution in [2.24, 2.45) is 7.05 Å². The van der Waals surface area contributed by atoms with Gasteiger partial charge in [-0.2, -0.15) is 0 Å². The largest absolute Gasteiger partial charge is 0.338 e. The highest BCUT2D eigenvalue weighted by molar-refractivity contribution is 5.94. The van der Waals surface area contributed by atoms with E-state index in [1.165, 1.54) is 19.2 Å². The van der Waals surface area contributed by atoms with Crippen LogP contribution in [0.15, 0.2) is 12.5 Å². The van der Waals surface area contributed by atoms with Gasteiger partial charge in [0.2, 0.25) is 0 Å². The Morgan fingerprint density at radius 1 is 1.15 bits per heavy atom. The summed E-state index contributed by atoms with van der Waals surface area (Å²) < 4.78 is 2.16. The van der Waals surface area contributed by atoms with Crippen molar-refractivity contribution in [1.82, 2.24) is 34.5 Å². The van der Waals surface area contributed by atoms with Gasteiger partial charge in [-0.1, -0.05) is 0 Å². The molecule has 0 aliphatic carbocycles. The maximum Gasteiger partial charge on any atom is 0.257 e. The van der Waals surface area contributed by atoms with E-state index >= 15 is 0 Å². The number of carbonyl (C=O) groups excluding carboxylic acids is 1. The first-order chi connectivity index (χ1) is 13.1. The lowest BCUT2D eigenvalue weighted by Gasteiger charge is -2.31. The second kappa shape index (κ2) is 7.72. The molecule has 0 unspecified atom stereocenters. The highest BCUT2D eigenvalue weighted by Gasteiger charge is 2.29. The van der Waals surface area contributed by atoms with Gasteiger partial charge in [0.05, 0.1) is 17.8 Å². The third-order valence-corrected chi connectivity index (χ3v) is 5.85. The molecule has 2 aliphatic rings. The number of hydrogen-bond acceptors (Lipinski definition) is 6. The van der Waals surface area contributed by atoms with Crippen molar-refractivity contribution in [3.63, 3.8) is 0 Å². The summed E-state index contributed by atoms with van der Waals surface area (Å²) >= 11 is 0. The van der Waals surface area contributed by atoms with Crippen molar-refractivity contribution in [2.75, 3.05) is 26.2 Å². The van der Waals surface area contributed by atoms with Gasteiger partial charge in [-0.3, -0.25) is 9.69 Å². The Bertz CT molecular complexity index is 804. The lowest BCUT2D eigenvalue weighted by atomic mass is 9.95. The number of aryl methyl sites for hydroxylation is 1. The number of rotatable bonds is 4. The molecule has 2 fully saturated rings. The van der Waals surface area contributed by atoms with E-state index in [1.807, 2.05) is 11.8 Å². The molecule has 4 rings (SSSR count). The van der Waals surface area contributed by atoms with Crippen LogP contribution >= 0.6 is 0 Å². The lowest BCUT2D eigenvalue weighted by Crippen LogP contribution is -2.38. The van der Waals surface area contributed by atoms with E-state index in [9.17, 15) is 4.79 Å². The fourth-order valence-electron chi connectivity index (χ4n) is 4.12. The molecule has 0 aromatic carbocycles. The smallest absolute Gasteiger partial charge is 0.257 e. The maximum absolute atomic E-state index is 12.7. The summed E-state index contributed by atoms with van der Waals surface area (Å²) in [7, 11) is 2.07. The predicted molar refractivity (Wildman–Crippen MR) is 100 cm³/mol. The van der Waals surface area contributed by atoms with Crippen molar-refractivity contribution >= 4 is 5.91 Å². The molecule has 144 valence electrons. The highest BCUT2D eigenvalue weighted by atomic mass is 16.2. The second-order valence-electron chi connectivity index (χ2n) is 7.60. The molecule has 8 nitrogen and oxygen atoms in total. The second-order valence-corrected chi connectivity index (χ2v) is 7.60. The van der Waals surface area contributed by atoms with Crippen LogP contribution in [0.25, 0.3) is 0 Å². The first-order valence-electron chi connectivity index (χ1n) is 9.80. The highest BCUT2D eigenvalue weighted by Crippen LogP contribution is 2.28. The van der Waals surface area contributed by atoms with E-state index in [0.29, 0.717) is 11.5 Å². The van der Waals surface area contributed by atoms with Gasteiger partial charge in [-0.05, 0) is 45.7 Å². The van der Waals surface area contributed by atoms with Gasteiger partial charge in [-0.25, -0.2) is 9.97 Å². The average Bonchev–Trinajstić information content (AvgIpc) is 3.33. The lowest BCUT2D eigenvalue weighted by molar-refractivity contribution is 0.0708. The molecular formula is C19H27N7O. The third-order valence-electron chi connectivity index (χ3n) is 5.85. The SMILES string of the molecule is Cc1ncncc1C(=O)N1CCC(c2nnc(CN3CCCC3)n2C)CC1. The zero-order valence-corrected chi connectivity index (χ0v) is 16.1. The summed E-state index contributed by atoms with van der Waals surface area (Å²) in [5, 5.41) is 8.93. The molecule has 8 heteroatoms. The van der Waals surface area contributed by atoms with Gasteiger partial charge >= 0.3 is 0 Å². The molecule has 27 heavy (non-hydrogen) atoms.